The molecule has 1 aromatic heterocycles. The Morgan fingerprint density at radius 1 is 1.35 bits per heavy atom. The highest BCUT2D eigenvalue weighted by atomic mass is 32.2. The van der Waals surface area contributed by atoms with Crippen molar-refractivity contribution in [3.05, 3.63) is 30.2 Å². The van der Waals surface area contributed by atoms with Crippen LogP contribution in [0.5, 0.6) is 5.75 Å². The summed E-state index contributed by atoms with van der Waals surface area (Å²) in [5.74, 6) is -0.120. The Balaban J connectivity index is 1.69. The molecule has 1 aromatic carbocycles. The van der Waals surface area contributed by atoms with Gasteiger partial charge in [-0.05, 0) is 37.8 Å². The summed E-state index contributed by atoms with van der Waals surface area (Å²) in [7, 11) is 1.40. The van der Waals surface area contributed by atoms with Gasteiger partial charge in [0.15, 0.2) is 16.7 Å². The van der Waals surface area contributed by atoms with Crippen molar-refractivity contribution in [2.75, 3.05) is 36.2 Å². The number of hydrogen-bond donors (Lipinski definition) is 1. The molecule has 0 bridgehead atoms. The van der Waals surface area contributed by atoms with Gasteiger partial charge in [-0.3, -0.25) is 15.0 Å². The zero-order valence-electron chi connectivity index (χ0n) is 17.6. The molecule has 0 atom stereocenters. The number of aromatic nitrogens is 1. The van der Waals surface area contributed by atoms with Gasteiger partial charge in [0.2, 0.25) is 0 Å². The SMILES string of the molecule is CCOC(=O)CSc1cnc(NC(=O)N(CC2CCCC2)c2ccc(OC)c(F)c2)s1. The largest absolute Gasteiger partial charge is 0.494 e. The minimum atomic E-state index is -0.517. The third kappa shape index (κ3) is 6.57. The van der Waals surface area contributed by atoms with E-state index < -0.39 is 5.82 Å². The molecule has 0 saturated heterocycles. The lowest BCUT2D eigenvalue weighted by molar-refractivity contribution is -0.139. The number of carbonyl (C=O) groups is 2. The summed E-state index contributed by atoms with van der Waals surface area (Å²) in [6, 6.07) is 4.15. The van der Waals surface area contributed by atoms with Crippen LogP contribution in [0, 0.1) is 11.7 Å². The van der Waals surface area contributed by atoms with Crippen molar-refractivity contribution >= 4 is 45.9 Å². The van der Waals surface area contributed by atoms with E-state index in [0.717, 1.165) is 29.9 Å². The molecule has 0 aliphatic heterocycles. The summed E-state index contributed by atoms with van der Waals surface area (Å²) in [5, 5.41) is 3.23. The van der Waals surface area contributed by atoms with Gasteiger partial charge < -0.3 is 9.47 Å². The maximum atomic E-state index is 14.3. The monoisotopic (exact) mass is 467 g/mol. The number of nitrogens with zero attached hydrogens (tertiary/aromatic N) is 2. The molecule has 31 heavy (non-hydrogen) atoms. The highest BCUT2D eigenvalue weighted by Gasteiger charge is 2.25. The number of carbonyl (C=O) groups excluding carboxylic acids is 2. The van der Waals surface area contributed by atoms with Crippen molar-refractivity contribution in [2.45, 2.75) is 36.8 Å². The molecule has 1 fully saturated rings. The van der Waals surface area contributed by atoms with E-state index in [9.17, 15) is 14.0 Å². The topological polar surface area (TPSA) is 80.8 Å². The quantitative estimate of drug-likeness (QED) is 0.405. The van der Waals surface area contributed by atoms with Crippen LogP contribution in [-0.2, 0) is 9.53 Å². The number of methoxy groups -OCH3 is 1. The Hall–Kier alpha value is -2.33. The molecule has 2 aromatic rings. The Morgan fingerprint density at radius 2 is 2.13 bits per heavy atom. The second-order valence-electron chi connectivity index (χ2n) is 7.09. The Kier molecular flexibility index (Phi) is 8.53. The van der Waals surface area contributed by atoms with Crippen molar-refractivity contribution in [3.8, 4) is 5.75 Å². The number of hydrogen-bond acceptors (Lipinski definition) is 7. The normalized spacial score (nSPS) is 13.8. The van der Waals surface area contributed by atoms with Crippen molar-refractivity contribution in [2.24, 2.45) is 5.92 Å². The lowest BCUT2D eigenvalue weighted by atomic mass is 10.1. The van der Waals surface area contributed by atoms with Gasteiger partial charge in [0, 0.05) is 18.3 Å². The van der Waals surface area contributed by atoms with E-state index in [0.29, 0.717) is 29.9 Å². The van der Waals surface area contributed by atoms with Gasteiger partial charge in [0.05, 0.1) is 29.9 Å². The average Bonchev–Trinajstić information content (AvgIpc) is 3.42. The van der Waals surface area contributed by atoms with Crippen LogP contribution in [0.2, 0.25) is 0 Å². The van der Waals surface area contributed by atoms with Gasteiger partial charge in [0.1, 0.15) is 0 Å². The minimum absolute atomic E-state index is 0.133. The summed E-state index contributed by atoms with van der Waals surface area (Å²) in [4.78, 5) is 30.4. The van der Waals surface area contributed by atoms with Gasteiger partial charge in [-0.2, -0.15) is 0 Å². The molecule has 0 radical (unpaired) electrons. The van der Waals surface area contributed by atoms with E-state index >= 15 is 0 Å². The molecule has 10 heteroatoms. The standard InChI is InChI=1S/C21H26FN3O4S2/c1-3-29-18(26)13-30-19-11-23-20(31-19)24-21(27)25(12-14-6-4-5-7-14)15-8-9-17(28-2)16(22)10-15/h8-11,14H,3-7,12-13H2,1-2H3,(H,23,24,27). The molecule has 0 spiro atoms. The molecule has 168 valence electrons. The zero-order valence-corrected chi connectivity index (χ0v) is 19.2. The van der Waals surface area contributed by atoms with Crippen LogP contribution in [0.3, 0.4) is 0 Å². The summed E-state index contributed by atoms with van der Waals surface area (Å²) >= 11 is 2.58. The third-order valence-electron chi connectivity index (χ3n) is 4.94. The summed E-state index contributed by atoms with van der Waals surface area (Å²) < 4.78 is 25.0. The highest BCUT2D eigenvalue weighted by Crippen LogP contribution is 2.31. The van der Waals surface area contributed by atoms with Crippen LogP contribution in [-0.4, -0.2) is 43.0 Å². The molecule has 3 rings (SSSR count). The summed E-state index contributed by atoms with van der Waals surface area (Å²) in [6.07, 6.45) is 6.00. The number of benzene rings is 1. The number of urea groups is 1. The molecule has 1 N–H and O–H groups in total. The smallest absolute Gasteiger partial charge is 0.328 e. The molecule has 1 heterocycles. The number of rotatable bonds is 9. The first-order chi connectivity index (χ1) is 15.0. The summed E-state index contributed by atoms with van der Waals surface area (Å²) in [6.45, 7) is 2.61. The highest BCUT2D eigenvalue weighted by molar-refractivity contribution is 8.01. The third-order valence-corrected chi connectivity index (χ3v) is 7.02. The fourth-order valence-corrected chi connectivity index (χ4v) is 5.12. The molecular formula is C21H26FN3O4S2. The van der Waals surface area contributed by atoms with Crippen molar-refractivity contribution in [1.82, 2.24) is 4.98 Å². The van der Waals surface area contributed by atoms with E-state index in [1.807, 2.05) is 0 Å². The number of nitrogens with one attached hydrogen (secondary N) is 1. The fourth-order valence-electron chi connectivity index (χ4n) is 3.46. The van der Waals surface area contributed by atoms with Gasteiger partial charge in [-0.15, -0.1) is 11.8 Å². The number of thiazole rings is 1. The van der Waals surface area contributed by atoms with Gasteiger partial charge in [0.25, 0.3) is 0 Å². The van der Waals surface area contributed by atoms with E-state index in [1.165, 1.54) is 42.3 Å². The fraction of sp³-hybridized carbons (Fsp3) is 0.476. The second kappa shape index (κ2) is 11.3. The number of halogens is 1. The van der Waals surface area contributed by atoms with Crippen LogP contribution in [0.1, 0.15) is 32.6 Å². The van der Waals surface area contributed by atoms with Crippen LogP contribution >= 0.6 is 23.1 Å². The maximum Gasteiger partial charge on any atom is 0.328 e. The molecular weight excluding hydrogens is 441 g/mol. The van der Waals surface area contributed by atoms with Gasteiger partial charge in [-0.1, -0.05) is 24.2 Å². The number of esters is 1. The minimum Gasteiger partial charge on any atom is -0.494 e. The summed E-state index contributed by atoms with van der Waals surface area (Å²) in [5.41, 5.74) is 0.469. The number of ether oxygens (including phenoxy) is 2. The van der Waals surface area contributed by atoms with E-state index in [4.69, 9.17) is 9.47 Å². The van der Waals surface area contributed by atoms with Crippen LogP contribution < -0.4 is 15.0 Å². The predicted octanol–water partition coefficient (Wildman–Crippen LogP) is 5.17. The lowest BCUT2D eigenvalue weighted by Gasteiger charge is -2.26. The zero-order chi connectivity index (χ0) is 22.2. The van der Waals surface area contributed by atoms with Crippen molar-refractivity contribution in [3.63, 3.8) is 0 Å². The van der Waals surface area contributed by atoms with Crippen LogP contribution in [0.4, 0.5) is 20.0 Å². The molecule has 1 aliphatic carbocycles. The first kappa shape index (κ1) is 23.3. The average molecular weight is 468 g/mol. The first-order valence-corrected chi connectivity index (χ1v) is 12.0. The van der Waals surface area contributed by atoms with Crippen molar-refractivity contribution in [1.29, 1.82) is 0 Å². The van der Waals surface area contributed by atoms with E-state index in [1.54, 1.807) is 24.1 Å². The number of thioether (sulfide) groups is 1. The van der Waals surface area contributed by atoms with Crippen LogP contribution in [0.15, 0.2) is 28.6 Å². The lowest BCUT2D eigenvalue weighted by Crippen LogP contribution is -2.38. The molecule has 1 saturated carbocycles. The molecule has 7 nitrogen and oxygen atoms in total. The van der Waals surface area contributed by atoms with E-state index in [-0.39, 0.29) is 23.5 Å². The molecule has 0 unspecified atom stereocenters. The first-order valence-electron chi connectivity index (χ1n) is 10.2. The van der Waals surface area contributed by atoms with Crippen molar-refractivity contribution < 1.29 is 23.5 Å². The van der Waals surface area contributed by atoms with Gasteiger partial charge >= 0.3 is 12.0 Å². The Labute approximate surface area is 189 Å². The number of amides is 2. The maximum absolute atomic E-state index is 14.3. The Bertz CT molecular complexity index is 903. The predicted molar refractivity (Wildman–Crippen MR) is 121 cm³/mol. The molecule has 1 aliphatic rings. The molecule has 2 amide bonds. The number of anilines is 2. The van der Waals surface area contributed by atoms with Crippen LogP contribution in [0.25, 0.3) is 0 Å². The second-order valence-corrected chi connectivity index (χ2v) is 9.39. The van der Waals surface area contributed by atoms with E-state index in [2.05, 4.69) is 10.3 Å². The van der Waals surface area contributed by atoms with Gasteiger partial charge in [-0.25, -0.2) is 14.2 Å². The Morgan fingerprint density at radius 3 is 2.81 bits per heavy atom.